The largest absolute Gasteiger partial charge is 0.497 e. The first-order valence-electron chi connectivity index (χ1n) is 8.85. The second kappa shape index (κ2) is 8.67. The molecule has 1 aromatic heterocycles. The van der Waals surface area contributed by atoms with E-state index in [0.29, 0.717) is 22.0 Å². The second-order valence-electron chi connectivity index (χ2n) is 6.39. The Morgan fingerprint density at radius 1 is 1.27 bits per heavy atom. The summed E-state index contributed by atoms with van der Waals surface area (Å²) in [6, 6.07) is 12.5. The predicted molar refractivity (Wildman–Crippen MR) is 115 cm³/mol. The number of nitrogens with zero attached hydrogens (tertiary/aromatic N) is 3. The lowest BCUT2D eigenvalue weighted by Crippen LogP contribution is -2.28. The van der Waals surface area contributed by atoms with Crippen molar-refractivity contribution in [2.75, 3.05) is 18.5 Å². The number of sulfonamides is 1. The zero-order chi connectivity index (χ0) is 21.9. The standard InChI is InChI=1S/C19H21N5O4S2/c1-23-17(21-22-19(23)29)12-20-18(25)13-5-4-6-16(11-13)30(26,27)24(2)14-7-9-15(28-3)10-8-14/h4-11H,12H2,1-3H3,(H,20,25)(H,22,29). The van der Waals surface area contributed by atoms with Crippen molar-refractivity contribution in [1.29, 1.82) is 0 Å². The molecule has 1 heterocycles. The van der Waals surface area contributed by atoms with Crippen LogP contribution in [0.2, 0.25) is 0 Å². The maximum atomic E-state index is 13.0. The number of hydrogen-bond donors (Lipinski definition) is 2. The van der Waals surface area contributed by atoms with Crippen LogP contribution >= 0.6 is 12.2 Å². The van der Waals surface area contributed by atoms with Gasteiger partial charge in [0, 0.05) is 19.7 Å². The third-order valence-corrected chi connectivity index (χ3v) is 6.72. The smallest absolute Gasteiger partial charge is 0.264 e. The number of amides is 1. The molecule has 0 unspecified atom stereocenters. The van der Waals surface area contributed by atoms with Gasteiger partial charge in [0.2, 0.25) is 0 Å². The summed E-state index contributed by atoms with van der Waals surface area (Å²) in [4.78, 5) is 12.5. The summed E-state index contributed by atoms with van der Waals surface area (Å²) in [5, 5.41) is 9.37. The van der Waals surface area contributed by atoms with Crippen LogP contribution in [0.3, 0.4) is 0 Å². The Kier molecular flexibility index (Phi) is 6.22. The Balaban J connectivity index is 1.79. The molecular weight excluding hydrogens is 426 g/mol. The number of carbonyl (C=O) groups excluding carboxylic acids is 1. The highest BCUT2D eigenvalue weighted by molar-refractivity contribution is 7.92. The second-order valence-corrected chi connectivity index (χ2v) is 8.74. The van der Waals surface area contributed by atoms with E-state index in [1.807, 2.05) is 0 Å². The molecule has 0 saturated carbocycles. The van der Waals surface area contributed by atoms with Crippen molar-refractivity contribution < 1.29 is 17.9 Å². The average Bonchev–Trinajstić information content (AvgIpc) is 3.09. The van der Waals surface area contributed by atoms with Crippen LogP contribution in [0.25, 0.3) is 0 Å². The number of carbonyl (C=O) groups is 1. The van der Waals surface area contributed by atoms with E-state index >= 15 is 0 Å². The van der Waals surface area contributed by atoms with Gasteiger partial charge in [0.1, 0.15) is 5.75 Å². The van der Waals surface area contributed by atoms with Crippen LogP contribution < -0.4 is 14.4 Å². The Bertz CT molecular complexity index is 1220. The molecule has 3 rings (SSSR count). The molecule has 30 heavy (non-hydrogen) atoms. The minimum atomic E-state index is -3.86. The van der Waals surface area contributed by atoms with Gasteiger partial charge in [-0.05, 0) is 54.7 Å². The SMILES string of the molecule is COc1ccc(N(C)S(=O)(=O)c2cccc(C(=O)NCc3n[nH]c(=S)n3C)c2)cc1. The molecule has 0 atom stereocenters. The molecule has 0 spiro atoms. The van der Waals surface area contributed by atoms with Crippen LogP contribution in [0, 0.1) is 4.77 Å². The Morgan fingerprint density at radius 3 is 2.57 bits per heavy atom. The van der Waals surface area contributed by atoms with E-state index in [2.05, 4.69) is 15.5 Å². The summed E-state index contributed by atoms with van der Waals surface area (Å²) in [6.07, 6.45) is 0. The monoisotopic (exact) mass is 447 g/mol. The van der Waals surface area contributed by atoms with Crippen molar-refractivity contribution in [3.63, 3.8) is 0 Å². The number of ether oxygens (including phenoxy) is 1. The molecule has 0 bridgehead atoms. The maximum Gasteiger partial charge on any atom is 0.264 e. The van der Waals surface area contributed by atoms with E-state index < -0.39 is 15.9 Å². The van der Waals surface area contributed by atoms with E-state index in [-0.39, 0.29) is 17.0 Å². The lowest BCUT2D eigenvalue weighted by molar-refractivity contribution is 0.0949. The number of rotatable bonds is 7. The highest BCUT2D eigenvalue weighted by Gasteiger charge is 2.22. The van der Waals surface area contributed by atoms with Gasteiger partial charge >= 0.3 is 0 Å². The van der Waals surface area contributed by atoms with Gasteiger partial charge in [-0.25, -0.2) is 8.42 Å². The van der Waals surface area contributed by atoms with Gasteiger partial charge in [0.25, 0.3) is 15.9 Å². The fraction of sp³-hybridized carbons (Fsp3) is 0.211. The first-order valence-corrected chi connectivity index (χ1v) is 10.7. The molecule has 0 aliphatic carbocycles. The van der Waals surface area contributed by atoms with Crippen molar-refractivity contribution in [2.24, 2.45) is 7.05 Å². The molecule has 0 fully saturated rings. The van der Waals surface area contributed by atoms with Gasteiger partial charge in [0.05, 0.1) is 24.2 Å². The topological polar surface area (TPSA) is 109 Å². The number of benzene rings is 2. The Morgan fingerprint density at radius 2 is 1.97 bits per heavy atom. The molecule has 11 heteroatoms. The number of aromatic amines is 1. The third-order valence-electron chi connectivity index (χ3n) is 4.57. The zero-order valence-corrected chi connectivity index (χ0v) is 18.3. The van der Waals surface area contributed by atoms with Gasteiger partial charge in [-0.3, -0.25) is 14.2 Å². The molecule has 2 N–H and O–H groups in total. The van der Waals surface area contributed by atoms with Crippen LogP contribution in [0.5, 0.6) is 5.75 Å². The van der Waals surface area contributed by atoms with Crippen molar-refractivity contribution >= 4 is 33.8 Å². The molecule has 0 radical (unpaired) electrons. The molecule has 9 nitrogen and oxygen atoms in total. The minimum absolute atomic E-state index is 0.00615. The van der Waals surface area contributed by atoms with Crippen molar-refractivity contribution in [3.8, 4) is 5.75 Å². The molecule has 0 saturated heterocycles. The first-order chi connectivity index (χ1) is 14.2. The molecule has 3 aromatic rings. The first kappa shape index (κ1) is 21.5. The number of hydrogen-bond acceptors (Lipinski definition) is 6. The van der Waals surface area contributed by atoms with Crippen molar-refractivity contribution in [2.45, 2.75) is 11.4 Å². The summed E-state index contributed by atoms with van der Waals surface area (Å²) < 4.78 is 34.4. The highest BCUT2D eigenvalue weighted by Crippen LogP contribution is 2.24. The van der Waals surface area contributed by atoms with E-state index in [0.717, 1.165) is 4.31 Å². The number of methoxy groups -OCH3 is 1. The highest BCUT2D eigenvalue weighted by atomic mass is 32.2. The van der Waals surface area contributed by atoms with Gasteiger partial charge in [-0.2, -0.15) is 5.10 Å². The molecule has 0 aliphatic rings. The van der Waals surface area contributed by atoms with Crippen LogP contribution in [-0.2, 0) is 23.6 Å². The lowest BCUT2D eigenvalue weighted by Gasteiger charge is -2.20. The van der Waals surface area contributed by atoms with Crippen LogP contribution in [-0.4, -0.2) is 43.2 Å². The van der Waals surface area contributed by atoms with Gasteiger partial charge < -0.3 is 14.6 Å². The lowest BCUT2D eigenvalue weighted by atomic mass is 10.2. The summed E-state index contributed by atoms with van der Waals surface area (Å²) in [5.41, 5.74) is 0.687. The molecular formula is C19H21N5O4S2. The quantitative estimate of drug-likeness (QED) is 0.538. The number of H-pyrrole nitrogens is 1. The summed E-state index contributed by atoms with van der Waals surface area (Å²) >= 11 is 5.04. The van der Waals surface area contributed by atoms with Crippen molar-refractivity contribution in [3.05, 3.63) is 64.7 Å². The van der Waals surface area contributed by atoms with E-state index in [9.17, 15) is 13.2 Å². The van der Waals surface area contributed by atoms with Crippen LogP contribution in [0.15, 0.2) is 53.4 Å². The van der Waals surface area contributed by atoms with Crippen LogP contribution in [0.1, 0.15) is 16.2 Å². The zero-order valence-electron chi connectivity index (χ0n) is 16.6. The minimum Gasteiger partial charge on any atom is -0.497 e. The average molecular weight is 448 g/mol. The van der Waals surface area contributed by atoms with E-state index in [4.69, 9.17) is 17.0 Å². The fourth-order valence-corrected chi connectivity index (χ4v) is 4.08. The molecule has 0 aliphatic heterocycles. The third kappa shape index (κ3) is 4.36. The number of anilines is 1. The number of aromatic nitrogens is 3. The predicted octanol–water partition coefficient (Wildman–Crippen LogP) is 2.24. The van der Waals surface area contributed by atoms with Crippen molar-refractivity contribution in [1.82, 2.24) is 20.1 Å². The normalized spacial score (nSPS) is 11.2. The fourth-order valence-electron chi connectivity index (χ4n) is 2.69. The van der Waals surface area contributed by atoms with Crippen LogP contribution in [0.4, 0.5) is 5.69 Å². The molecule has 158 valence electrons. The number of nitrogens with one attached hydrogen (secondary N) is 2. The molecule has 2 aromatic carbocycles. The summed E-state index contributed by atoms with van der Waals surface area (Å²) in [6.45, 7) is 0.144. The molecule has 1 amide bonds. The van der Waals surface area contributed by atoms with E-state index in [1.165, 1.54) is 32.4 Å². The maximum absolute atomic E-state index is 13.0. The summed E-state index contributed by atoms with van der Waals surface area (Å²) in [5.74, 6) is 0.751. The Labute approximate surface area is 179 Å². The summed E-state index contributed by atoms with van der Waals surface area (Å²) in [7, 11) is 0.859. The Hall–Kier alpha value is -3.18. The van der Waals surface area contributed by atoms with E-state index in [1.54, 1.807) is 41.9 Å². The van der Waals surface area contributed by atoms with Gasteiger partial charge in [0.15, 0.2) is 10.6 Å². The van der Waals surface area contributed by atoms with Gasteiger partial charge in [-0.1, -0.05) is 6.07 Å². The van der Waals surface area contributed by atoms with Gasteiger partial charge in [-0.15, -0.1) is 0 Å².